The molecule has 1 N–H and O–H groups in total. The molecule has 0 fully saturated rings. The number of carbonyl (C=O) groups excluding carboxylic acids is 1. The topological polar surface area (TPSA) is 46.9 Å². The third-order valence-electron chi connectivity index (χ3n) is 3.09. The van der Waals surface area contributed by atoms with Crippen LogP contribution in [0.1, 0.15) is 10.4 Å². The third-order valence-corrected chi connectivity index (χ3v) is 3.34. The van der Waals surface area contributed by atoms with Gasteiger partial charge < -0.3 is 9.88 Å². The minimum Gasteiger partial charge on any atom is -0.334 e. The lowest BCUT2D eigenvalue weighted by Crippen LogP contribution is -2.11. The maximum absolute atomic E-state index is 12.1. The van der Waals surface area contributed by atoms with Crippen LogP contribution in [0.2, 0.25) is 5.02 Å². The summed E-state index contributed by atoms with van der Waals surface area (Å²) in [5.74, 6) is -0.169. The van der Waals surface area contributed by atoms with Crippen LogP contribution in [0.3, 0.4) is 0 Å². The lowest BCUT2D eigenvalue weighted by atomic mass is 10.2. The third kappa shape index (κ3) is 2.38. The number of aryl methyl sites for hydroxylation is 1. The molecular formula is C15H12ClN3O. The number of hydrogen-bond donors (Lipinski definition) is 1. The van der Waals surface area contributed by atoms with Crippen LogP contribution in [0.4, 0.5) is 5.69 Å². The Labute approximate surface area is 121 Å². The second kappa shape index (κ2) is 4.98. The van der Waals surface area contributed by atoms with Crippen LogP contribution in [0.5, 0.6) is 0 Å². The Morgan fingerprint density at radius 1 is 1.20 bits per heavy atom. The molecule has 0 aliphatic rings. The van der Waals surface area contributed by atoms with Crippen LogP contribution in [-0.2, 0) is 7.05 Å². The van der Waals surface area contributed by atoms with Gasteiger partial charge >= 0.3 is 0 Å². The molecule has 0 aliphatic heterocycles. The summed E-state index contributed by atoms with van der Waals surface area (Å²) in [6.45, 7) is 0. The number of anilines is 1. The lowest BCUT2D eigenvalue weighted by Gasteiger charge is -2.05. The number of benzene rings is 2. The van der Waals surface area contributed by atoms with Crippen molar-refractivity contribution in [2.75, 3.05) is 5.32 Å². The summed E-state index contributed by atoms with van der Waals surface area (Å²) in [5.41, 5.74) is 3.16. The molecule has 0 radical (unpaired) electrons. The Morgan fingerprint density at radius 2 is 1.95 bits per heavy atom. The van der Waals surface area contributed by atoms with Crippen LogP contribution in [0.25, 0.3) is 11.0 Å². The zero-order chi connectivity index (χ0) is 14.1. The minimum atomic E-state index is -0.169. The predicted octanol–water partition coefficient (Wildman–Crippen LogP) is 3.48. The van der Waals surface area contributed by atoms with Gasteiger partial charge in [0.1, 0.15) is 0 Å². The molecule has 3 rings (SSSR count). The van der Waals surface area contributed by atoms with E-state index in [0.717, 1.165) is 16.7 Å². The molecule has 0 atom stereocenters. The van der Waals surface area contributed by atoms with Crippen molar-refractivity contribution in [2.45, 2.75) is 0 Å². The first kappa shape index (κ1) is 12.7. The lowest BCUT2D eigenvalue weighted by molar-refractivity contribution is 0.102. The first-order chi connectivity index (χ1) is 9.63. The standard InChI is InChI=1S/C15H12ClN3O/c1-19-9-17-13-8-12(6-7-14(13)19)18-15(20)10-2-4-11(16)5-3-10/h2-9H,1H3,(H,18,20). The summed E-state index contributed by atoms with van der Waals surface area (Å²) in [6, 6.07) is 12.4. The van der Waals surface area contributed by atoms with Gasteiger partial charge in [0.15, 0.2) is 0 Å². The molecule has 0 saturated heterocycles. The fraction of sp³-hybridized carbons (Fsp3) is 0.0667. The Balaban J connectivity index is 1.85. The Bertz CT molecular complexity index is 777. The SMILES string of the molecule is Cn1cnc2cc(NC(=O)c3ccc(Cl)cc3)ccc21. The Hall–Kier alpha value is -2.33. The van der Waals surface area contributed by atoms with Crippen LogP contribution >= 0.6 is 11.6 Å². The molecule has 0 spiro atoms. The van der Waals surface area contributed by atoms with Crippen molar-refractivity contribution in [3.63, 3.8) is 0 Å². The van der Waals surface area contributed by atoms with Gasteiger partial charge in [-0.15, -0.1) is 0 Å². The van der Waals surface area contributed by atoms with Gasteiger partial charge in [0.2, 0.25) is 0 Å². The quantitative estimate of drug-likeness (QED) is 0.783. The van der Waals surface area contributed by atoms with Gasteiger partial charge in [0.25, 0.3) is 5.91 Å². The average molecular weight is 286 g/mol. The Morgan fingerprint density at radius 3 is 2.70 bits per heavy atom. The first-order valence-electron chi connectivity index (χ1n) is 6.11. The largest absolute Gasteiger partial charge is 0.334 e. The molecule has 1 heterocycles. The summed E-state index contributed by atoms with van der Waals surface area (Å²) >= 11 is 5.80. The molecule has 0 bridgehead atoms. The smallest absolute Gasteiger partial charge is 0.255 e. The maximum atomic E-state index is 12.1. The highest BCUT2D eigenvalue weighted by atomic mass is 35.5. The van der Waals surface area contributed by atoms with Crippen LogP contribution in [0, 0.1) is 0 Å². The second-order valence-electron chi connectivity index (χ2n) is 4.52. The van der Waals surface area contributed by atoms with Gasteiger partial charge in [-0.3, -0.25) is 4.79 Å². The number of nitrogens with one attached hydrogen (secondary N) is 1. The normalized spacial score (nSPS) is 10.7. The molecule has 1 amide bonds. The maximum Gasteiger partial charge on any atom is 0.255 e. The van der Waals surface area contributed by atoms with Crippen molar-refractivity contribution in [3.8, 4) is 0 Å². The fourth-order valence-electron chi connectivity index (χ4n) is 2.02. The number of carbonyl (C=O) groups is 1. The number of rotatable bonds is 2. The molecule has 20 heavy (non-hydrogen) atoms. The molecular weight excluding hydrogens is 274 g/mol. The van der Waals surface area contributed by atoms with E-state index in [1.807, 2.05) is 29.8 Å². The highest BCUT2D eigenvalue weighted by Crippen LogP contribution is 2.18. The predicted molar refractivity (Wildman–Crippen MR) is 80.1 cm³/mol. The first-order valence-corrected chi connectivity index (χ1v) is 6.49. The second-order valence-corrected chi connectivity index (χ2v) is 4.96. The van der Waals surface area contributed by atoms with Crippen molar-refractivity contribution in [1.82, 2.24) is 9.55 Å². The van der Waals surface area contributed by atoms with E-state index in [1.54, 1.807) is 30.6 Å². The van der Waals surface area contributed by atoms with Crippen molar-refractivity contribution < 1.29 is 4.79 Å². The van der Waals surface area contributed by atoms with Crippen molar-refractivity contribution in [1.29, 1.82) is 0 Å². The number of hydrogen-bond acceptors (Lipinski definition) is 2. The Kier molecular flexibility index (Phi) is 3.16. The van der Waals surface area contributed by atoms with Gasteiger partial charge in [0.05, 0.1) is 17.4 Å². The van der Waals surface area contributed by atoms with Gasteiger partial charge in [-0.25, -0.2) is 4.98 Å². The number of nitrogens with zero attached hydrogens (tertiary/aromatic N) is 2. The molecule has 2 aromatic carbocycles. The van der Waals surface area contributed by atoms with Gasteiger partial charge in [-0.1, -0.05) is 11.6 Å². The van der Waals surface area contributed by atoms with E-state index in [0.29, 0.717) is 10.6 Å². The zero-order valence-electron chi connectivity index (χ0n) is 10.8. The highest BCUT2D eigenvalue weighted by Gasteiger charge is 2.07. The van der Waals surface area contributed by atoms with Crippen molar-refractivity contribution in [3.05, 3.63) is 59.4 Å². The average Bonchev–Trinajstić information content (AvgIpc) is 2.81. The number of halogens is 1. The molecule has 0 aliphatic carbocycles. The van der Waals surface area contributed by atoms with E-state index in [9.17, 15) is 4.79 Å². The number of aromatic nitrogens is 2. The molecule has 100 valence electrons. The molecule has 4 nitrogen and oxygen atoms in total. The van der Waals surface area contributed by atoms with Gasteiger partial charge in [-0.05, 0) is 42.5 Å². The number of imidazole rings is 1. The summed E-state index contributed by atoms with van der Waals surface area (Å²) < 4.78 is 1.93. The fourth-order valence-corrected chi connectivity index (χ4v) is 2.14. The number of amides is 1. The van der Waals surface area contributed by atoms with E-state index in [2.05, 4.69) is 10.3 Å². The zero-order valence-corrected chi connectivity index (χ0v) is 11.6. The molecule has 5 heteroatoms. The summed E-state index contributed by atoms with van der Waals surface area (Å²) in [6.07, 6.45) is 1.75. The number of fused-ring (bicyclic) bond motifs is 1. The summed E-state index contributed by atoms with van der Waals surface area (Å²) in [7, 11) is 1.93. The molecule has 0 unspecified atom stereocenters. The van der Waals surface area contributed by atoms with E-state index in [1.165, 1.54) is 0 Å². The van der Waals surface area contributed by atoms with Crippen molar-refractivity contribution in [2.24, 2.45) is 7.05 Å². The summed E-state index contributed by atoms with van der Waals surface area (Å²) in [5, 5.41) is 3.46. The monoisotopic (exact) mass is 285 g/mol. The van der Waals surface area contributed by atoms with Crippen molar-refractivity contribution >= 4 is 34.2 Å². The van der Waals surface area contributed by atoms with Crippen LogP contribution < -0.4 is 5.32 Å². The molecule has 1 aromatic heterocycles. The van der Waals surface area contributed by atoms with E-state index >= 15 is 0 Å². The summed E-state index contributed by atoms with van der Waals surface area (Å²) in [4.78, 5) is 16.4. The molecule has 0 saturated carbocycles. The minimum absolute atomic E-state index is 0.169. The van der Waals surface area contributed by atoms with E-state index in [-0.39, 0.29) is 5.91 Å². The molecule has 3 aromatic rings. The van der Waals surface area contributed by atoms with Crippen LogP contribution in [-0.4, -0.2) is 15.5 Å². The van der Waals surface area contributed by atoms with E-state index in [4.69, 9.17) is 11.6 Å². The van der Waals surface area contributed by atoms with Gasteiger partial charge in [0, 0.05) is 23.3 Å². The van der Waals surface area contributed by atoms with Gasteiger partial charge in [-0.2, -0.15) is 0 Å². The highest BCUT2D eigenvalue weighted by molar-refractivity contribution is 6.30. The van der Waals surface area contributed by atoms with Crippen LogP contribution in [0.15, 0.2) is 48.8 Å². The van der Waals surface area contributed by atoms with E-state index < -0.39 is 0 Å².